The van der Waals surface area contributed by atoms with E-state index in [2.05, 4.69) is 10.6 Å². The molecule has 1 aliphatic carbocycles. The van der Waals surface area contributed by atoms with Crippen molar-refractivity contribution >= 4 is 35.2 Å². The topological polar surface area (TPSA) is 114 Å². The van der Waals surface area contributed by atoms with Crippen molar-refractivity contribution in [1.82, 2.24) is 5.32 Å². The van der Waals surface area contributed by atoms with Crippen LogP contribution in [0.1, 0.15) is 18.4 Å². The zero-order valence-electron chi connectivity index (χ0n) is 17.8. The van der Waals surface area contributed by atoms with Crippen LogP contribution in [-0.2, 0) is 20.9 Å². The fourth-order valence-electron chi connectivity index (χ4n) is 3.70. The van der Waals surface area contributed by atoms with Crippen molar-refractivity contribution in [2.75, 3.05) is 17.9 Å². The van der Waals surface area contributed by atoms with E-state index < -0.39 is 17.8 Å². The normalized spacial score (nSPS) is 18.5. The molecule has 1 heterocycles. The number of rotatable bonds is 8. The van der Waals surface area contributed by atoms with Crippen molar-refractivity contribution in [2.45, 2.75) is 24.3 Å². The first kappa shape index (κ1) is 22.7. The smallest absolute Gasteiger partial charge is 0.307 e. The Morgan fingerprint density at radius 2 is 1.70 bits per heavy atom. The van der Waals surface area contributed by atoms with E-state index in [1.54, 1.807) is 18.2 Å². The number of benzene rings is 2. The summed E-state index contributed by atoms with van der Waals surface area (Å²) in [5.74, 6) is -1.00. The molecule has 0 radical (unpaired) electrons. The van der Waals surface area contributed by atoms with E-state index in [1.165, 1.54) is 11.8 Å². The lowest BCUT2D eigenvalue weighted by atomic mass is 9.82. The molecular formula is C24H24N2O6S. The van der Waals surface area contributed by atoms with Gasteiger partial charge in [0.1, 0.15) is 0 Å². The van der Waals surface area contributed by atoms with Crippen LogP contribution in [0.4, 0.5) is 5.69 Å². The van der Waals surface area contributed by atoms with E-state index >= 15 is 0 Å². The molecule has 2 aromatic carbocycles. The SMILES string of the molecule is O=C(CSc1ccc(NC(=O)[C@H]2CC=CC[C@H]2C(=O)O)cc1)NCc1ccc2c(c1)OCO2. The Kier molecular flexibility index (Phi) is 7.19. The molecule has 4 rings (SSSR count). The molecule has 2 aromatic rings. The Labute approximate surface area is 195 Å². The van der Waals surface area contributed by atoms with Gasteiger partial charge < -0.3 is 25.2 Å². The minimum Gasteiger partial charge on any atom is -0.481 e. The van der Waals surface area contributed by atoms with Crippen LogP contribution < -0.4 is 20.1 Å². The summed E-state index contributed by atoms with van der Waals surface area (Å²) in [6.45, 7) is 0.611. The maximum atomic E-state index is 12.6. The second-order valence-corrected chi connectivity index (χ2v) is 8.81. The largest absolute Gasteiger partial charge is 0.481 e. The Morgan fingerprint density at radius 3 is 2.45 bits per heavy atom. The standard InChI is InChI=1S/C24H24N2O6S/c27-22(25-12-15-5-10-20-21(11-15)32-14-31-20)13-33-17-8-6-16(7-9-17)26-23(28)18-3-1-2-4-19(18)24(29)30/h1-2,5-11,18-19H,3-4,12-14H2,(H,25,27)(H,26,28)(H,29,30)/t18-,19+/m0/s1. The van der Waals surface area contributed by atoms with Crippen LogP contribution in [0.15, 0.2) is 59.5 Å². The molecule has 0 saturated carbocycles. The molecule has 9 heteroatoms. The molecule has 8 nitrogen and oxygen atoms in total. The highest BCUT2D eigenvalue weighted by atomic mass is 32.2. The van der Waals surface area contributed by atoms with Gasteiger partial charge in [0.25, 0.3) is 0 Å². The molecular weight excluding hydrogens is 444 g/mol. The molecule has 0 spiro atoms. The van der Waals surface area contributed by atoms with Crippen LogP contribution in [0.3, 0.4) is 0 Å². The van der Waals surface area contributed by atoms with Gasteiger partial charge >= 0.3 is 5.97 Å². The Morgan fingerprint density at radius 1 is 0.970 bits per heavy atom. The molecule has 0 bridgehead atoms. The van der Waals surface area contributed by atoms with Crippen molar-refractivity contribution in [3.63, 3.8) is 0 Å². The number of ether oxygens (including phenoxy) is 2. The fraction of sp³-hybridized carbons (Fsp3) is 0.292. The zero-order chi connectivity index (χ0) is 23.2. The number of allylic oxidation sites excluding steroid dienone is 2. The number of carbonyl (C=O) groups is 3. The van der Waals surface area contributed by atoms with Gasteiger partial charge in [-0.15, -0.1) is 11.8 Å². The summed E-state index contributed by atoms with van der Waals surface area (Å²) in [6.07, 6.45) is 4.43. The third-order valence-electron chi connectivity index (χ3n) is 5.50. The van der Waals surface area contributed by atoms with E-state index in [4.69, 9.17) is 9.47 Å². The summed E-state index contributed by atoms with van der Waals surface area (Å²) < 4.78 is 10.6. The molecule has 33 heavy (non-hydrogen) atoms. The molecule has 2 amide bonds. The van der Waals surface area contributed by atoms with Crippen LogP contribution in [0.5, 0.6) is 11.5 Å². The van der Waals surface area contributed by atoms with Gasteiger partial charge in [-0.1, -0.05) is 18.2 Å². The number of fused-ring (bicyclic) bond motifs is 1. The Bertz CT molecular complexity index is 1070. The summed E-state index contributed by atoms with van der Waals surface area (Å²) >= 11 is 1.39. The van der Waals surface area contributed by atoms with E-state index in [-0.39, 0.29) is 24.4 Å². The average Bonchev–Trinajstić information content (AvgIpc) is 3.30. The summed E-state index contributed by atoms with van der Waals surface area (Å²) in [5.41, 5.74) is 1.52. The third-order valence-corrected chi connectivity index (χ3v) is 6.52. The monoisotopic (exact) mass is 468 g/mol. The third kappa shape index (κ3) is 5.87. The van der Waals surface area contributed by atoms with Crippen molar-refractivity contribution in [3.05, 3.63) is 60.2 Å². The Balaban J connectivity index is 1.23. The highest BCUT2D eigenvalue weighted by molar-refractivity contribution is 8.00. The lowest BCUT2D eigenvalue weighted by Crippen LogP contribution is -2.34. The number of carboxylic acid groups (broad SMARTS) is 1. The van der Waals surface area contributed by atoms with Crippen molar-refractivity contribution < 1.29 is 29.0 Å². The van der Waals surface area contributed by atoms with Gasteiger partial charge in [-0.05, 0) is 54.8 Å². The molecule has 1 aliphatic heterocycles. The molecule has 0 aromatic heterocycles. The van der Waals surface area contributed by atoms with Crippen molar-refractivity contribution in [2.24, 2.45) is 11.8 Å². The lowest BCUT2D eigenvalue weighted by Gasteiger charge is -2.24. The lowest BCUT2D eigenvalue weighted by molar-refractivity contribution is -0.146. The van der Waals surface area contributed by atoms with E-state index in [9.17, 15) is 19.5 Å². The minimum absolute atomic E-state index is 0.0971. The highest BCUT2D eigenvalue weighted by Crippen LogP contribution is 2.32. The molecule has 172 valence electrons. The number of nitrogens with one attached hydrogen (secondary N) is 2. The van der Waals surface area contributed by atoms with Gasteiger partial charge in [-0.2, -0.15) is 0 Å². The summed E-state index contributed by atoms with van der Waals surface area (Å²) in [6, 6.07) is 12.7. The summed E-state index contributed by atoms with van der Waals surface area (Å²) in [5, 5.41) is 15.0. The highest BCUT2D eigenvalue weighted by Gasteiger charge is 2.33. The predicted molar refractivity (Wildman–Crippen MR) is 123 cm³/mol. The summed E-state index contributed by atoms with van der Waals surface area (Å²) in [4.78, 5) is 37.0. The molecule has 0 saturated heterocycles. The number of anilines is 1. The molecule has 0 fully saturated rings. The Hall–Kier alpha value is -3.46. The van der Waals surface area contributed by atoms with E-state index in [0.29, 0.717) is 36.6 Å². The first-order valence-corrected chi connectivity index (χ1v) is 11.5. The molecule has 0 unspecified atom stereocenters. The van der Waals surface area contributed by atoms with Gasteiger partial charge in [0.2, 0.25) is 18.6 Å². The number of aliphatic carboxylic acids is 1. The van der Waals surface area contributed by atoms with Gasteiger partial charge in [-0.3, -0.25) is 14.4 Å². The number of carboxylic acids is 1. The van der Waals surface area contributed by atoms with Crippen LogP contribution >= 0.6 is 11.8 Å². The van der Waals surface area contributed by atoms with Crippen LogP contribution in [0, 0.1) is 11.8 Å². The van der Waals surface area contributed by atoms with Crippen LogP contribution in [0.25, 0.3) is 0 Å². The molecule has 2 aliphatic rings. The van der Waals surface area contributed by atoms with E-state index in [0.717, 1.165) is 10.5 Å². The molecule has 2 atom stereocenters. The number of hydrogen-bond donors (Lipinski definition) is 3. The maximum absolute atomic E-state index is 12.6. The molecule has 3 N–H and O–H groups in total. The average molecular weight is 469 g/mol. The van der Waals surface area contributed by atoms with Gasteiger partial charge in [0.15, 0.2) is 11.5 Å². The quantitative estimate of drug-likeness (QED) is 0.402. The number of carbonyl (C=O) groups excluding carboxylic acids is 2. The van der Waals surface area contributed by atoms with E-state index in [1.807, 2.05) is 36.4 Å². The minimum atomic E-state index is -0.956. The summed E-state index contributed by atoms with van der Waals surface area (Å²) in [7, 11) is 0. The van der Waals surface area contributed by atoms with Crippen LogP contribution in [-0.4, -0.2) is 35.4 Å². The number of amides is 2. The second-order valence-electron chi connectivity index (χ2n) is 7.76. The van der Waals surface area contributed by atoms with Crippen LogP contribution in [0.2, 0.25) is 0 Å². The van der Waals surface area contributed by atoms with Gasteiger partial charge in [0.05, 0.1) is 17.6 Å². The maximum Gasteiger partial charge on any atom is 0.307 e. The predicted octanol–water partition coefficient (Wildman–Crippen LogP) is 3.43. The first-order chi connectivity index (χ1) is 16.0. The fourth-order valence-corrected chi connectivity index (χ4v) is 4.43. The zero-order valence-corrected chi connectivity index (χ0v) is 18.6. The second kappa shape index (κ2) is 10.4. The van der Waals surface area contributed by atoms with Gasteiger partial charge in [-0.25, -0.2) is 0 Å². The first-order valence-electron chi connectivity index (χ1n) is 10.6. The van der Waals surface area contributed by atoms with Crippen molar-refractivity contribution in [1.29, 1.82) is 0 Å². The number of thioether (sulfide) groups is 1. The van der Waals surface area contributed by atoms with Crippen molar-refractivity contribution in [3.8, 4) is 11.5 Å². The number of hydrogen-bond acceptors (Lipinski definition) is 6. The van der Waals surface area contributed by atoms with Gasteiger partial charge in [0, 0.05) is 17.1 Å².